The second-order valence-corrected chi connectivity index (χ2v) is 11.3. The van der Waals surface area contributed by atoms with Gasteiger partial charge in [0.2, 0.25) is 11.8 Å². The summed E-state index contributed by atoms with van der Waals surface area (Å²) in [5.41, 5.74) is 0.583. The summed E-state index contributed by atoms with van der Waals surface area (Å²) in [6.07, 6.45) is 1.07. The summed E-state index contributed by atoms with van der Waals surface area (Å²) in [4.78, 5) is 42.0. The normalized spacial score (nSPS) is 33.1. The Hall–Kier alpha value is -1.78. The Morgan fingerprint density at radius 3 is 2.61 bits per heavy atom. The fraction of sp³-hybridized carbons (Fsp3) is 0.609. The maximum atomic E-state index is 13.8. The number of thioether (sulfide) groups is 1. The summed E-state index contributed by atoms with van der Waals surface area (Å²) in [5, 5.41) is 12.8. The Morgan fingerprint density at radius 1 is 1.33 bits per heavy atom. The first-order chi connectivity index (χ1) is 15.8. The number of esters is 1. The number of carbonyl (C=O) groups is 3. The fourth-order valence-electron chi connectivity index (χ4n) is 5.57. The van der Waals surface area contributed by atoms with Crippen LogP contribution in [0.25, 0.3) is 0 Å². The van der Waals surface area contributed by atoms with Gasteiger partial charge in [0.25, 0.3) is 0 Å². The highest BCUT2D eigenvalue weighted by Gasteiger charge is 2.76. The molecule has 2 amide bonds. The van der Waals surface area contributed by atoms with E-state index in [-0.39, 0.29) is 35.1 Å². The van der Waals surface area contributed by atoms with Gasteiger partial charge in [0.05, 0.1) is 42.9 Å². The van der Waals surface area contributed by atoms with Crippen molar-refractivity contribution in [2.24, 2.45) is 11.8 Å². The van der Waals surface area contributed by atoms with E-state index in [1.54, 1.807) is 50.1 Å². The van der Waals surface area contributed by atoms with Crippen LogP contribution < -0.4 is 10.1 Å². The van der Waals surface area contributed by atoms with Crippen LogP contribution in [0, 0.1) is 11.8 Å². The summed E-state index contributed by atoms with van der Waals surface area (Å²) in [7, 11) is 1.57. The third-order valence-corrected chi connectivity index (χ3v) is 10.2. The number of carbonyl (C=O) groups excluding carboxylic acids is 3. The molecule has 3 heterocycles. The molecule has 33 heavy (non-hydrogen) atoms. The van der Waals surface area contributed by atoms with Crippen molar-refractivity contribution in [2.75, 3.05) is 25.6 Å². The van der Waals surface area contributed by atoms with Crippen LogP contribution in [0.1, 0.15) is 26.7 Å². The van der Waals surface area contributed by atoms with Crippen molar-refractivity contribution in [3.8, 4) is 5.75 Å². The third-order valence-electron chi connectivity index (χ3n) is 6.97. The van der Waals surface area contributed by atoms with E-state index < -0.39 is 34.6 Å². The smallest absolute Gasteiger partial charge is 0.310 e. The Kier molecular flexibility index (Phi) is 6.98. The molecule has 2 N–H and O–H groups in total. The number of anilines is 1. The number of amides is 2. The molecule has 1 aromatic rings. The van der Waals surface area contributed by atoms with Gasteiger partial charge in [-0.1, -0.05) is 22.9 Å². The molecule has 7 atom stereocenters. The number of nitrogens with one attached hydrogen (secondary N) is 1. The zero-order chi connectivity index (χ0) is 23.9. The molecule has 10 heteroatoms. The highest BCUT2D eigenvalue weighted by atomic mass is 79.9. The lowest BCUT2D eigenvalue weighted by molar-refractivity contribution is -0.154. The molecule has 0 saturated carbocycles. The predicted octanol–water partition coefficient (Wildman–Crippen LogP) is 2.43. The minimum Gasteiger partial charge on any atom is -0.497 e. The van der Waals surface area contributed by atoms with Gasteiger partial charge in [0.15, 0.2) is 0 Å². The molecule has 0 aliphatic carbocycles. The second-order valence-electron chi connectivity index (χ2n) is 8.62. The van der Waals surface area contributed by atoms with Crippen molar-refractivity contribution in [3.05, 3.63) is 24.3 Å². The number of aliphatic hydroxyl groups excluding tert-OH is 1. The summed E-state index contributed by atoms with van der Waals surface area (Å²) < 4.78 is 9.75. The number of fused-ring (bicyclic) bond motifs is 1. The summed E-state index contributed by atoms with van der Waals surface area (Å²) in [6.45, 7) is 3.59. The Balaban J connectivity index is 1.73. The lowest BCUT2D eigenvalue weighted by Gasteiger charge is -2.37. The molecule has 0 aromatic heterocycles. The lowest BCUT2D eigenvalue weighted by Crippen LogP contribution is -2.55. The average Bonchev–Trinajstić information content (AvgIpc) is 3.39. The number of methoxy groups -OCH3 is 1. The quantitative estimate of drug-likeness (QED) is 0.385. The first kappa shape index (κ1) is 24.3. The number of halogens is 1. The minimum atomic E-state index is -0.816. The van der Waals surface area contributed by atoms with E-state index in [9.17, 15) is 19.5 Å². The van der Waals surface area contributed by atoms with Crippen LogP contribution in [0.5, 0.6) is 5.75 Å². The van der Waals surface area contributed by atoms with E-state index in [2.05, 4.69) is 21.2 Å². The van der Waals surface area contributed by atoms with Crippen molar-refractivity contribution < 1.29 is 29.0 Å². The third kappa shape index (κ3) is 3.83. The van der Waals surface area contributed by atoms with E-state index in [1.807, 2.05) is 6.92 Å². The minimum absolute atomic E-state index is 0.0219. The van der Waals surface area contributed by atoms with E-state index >= 15 is 0 Å². The molecule has 1 spiro atoms. The van der Waals surface area contributed by atoms with Crippen LogP contribution in [0.15, 0.2) is 24.3 Å². The van der Waals surface area contributed by atoms with E-state index in [0.29, 0.717) is 24.3 Å². The number of hydrogen-bond acceptors (Lipinski definition) is 7. The molecule has 180 valence electrons. The highest BCUT2D eigenvalue weighted by molar-refractivity contribution is 9.09. The Morgan fingerprint density at radius 2 is 2.03 bits per heavy atom. The number of ether oxygens (including phenoxy) is 2. The Bertz CT molecular complexity index is 926. The SMILES string of the molecule is CCOC(=O)[C@H]1[C@@H]2SC3(CC2Br)C(C(=O)Nc2ccc(OC)cc2)N([C@@H](CC)CO)C(=O)[C@H]13. The van der Waals surface area contributed by atoms with Crippen molar-refractivity contribution in [1.82, 2.24) is 4.90 Å². The Labute approximate surface area is 205 Å². The van der Waals surface area contributed by atoms with Crippen molar-refractivity contribution in [1.29, 1.82) is 0 Å². The standard InChI is InChI=1S/C23H29BrN2O6S/c1-4-13(11-27)26-19(20(28)25-12-6-8-14(31-3)9-7-12)23-10-15(24)18(33-23)16(17(23)21(26)29)22(30)32-5-2/h6-9,13,15-19,27H,4-5,10-11H2,1-3H3,(H,25,28)/t13-,15?,16+,17-,18+,19?,23?/m0/s1. The molecule has 0 radical (unpaired) electrons. The molecule has 3 aliphatic rings. The molecule has 8 nitrogen and oxygen atoms in total. The monoisotopic (exact) mass is 540 g/mol. The molecule has 3 aliphatic heterocycles. The van der Waals surface area contributed by atoms with Crippen LogP contribution >= 0.6 is 27.7 Å². The molecule has 3 fully saturated rings. The number of hydrogen-bond donors (Lipinski definition) is 2. The van der Waals surface area contributed by atoms with Crippen LogP contribution in [0.2, 0.25) is 0 Å². The summed E-state index contributed by atoms with van der Waals surface area (Å²) >= 11 is 5.25. The highest BCUT2D eigenvalue weighted by Crippen LogP contribution is 2.68. The first-order valence-electron chi connectivity index (χ1n) is 11.2. The maximum Gasteiger partial charge on any atom is 0.310 e. The van der Waals surface area contributed by atoms with E-state index in [0.717, 1.165) is 0 Å². The second kappa shape index (κ2) is 9.46. The van der Waals surface area contributed by atoms with Gasteiger partial charge < -0.3 is 24.8 Å². The fourth-order valence-corrected chi connectivity index (χ4v) is 9.15. The van der Waals surface area contributed by atoms with E-state index in [4.69, 9.17) is 9.47 Å². The van der Waals surface area contributed by atoms with Crippen molar-refractivity contribution in [2.45, 2.75) is 53.6 Å². The number of aliphatic hydroxyl groups is 1. The molecule has 2 bridgehead atoms. The first-order valence-corrected chi connectivity index (χ1v) is 13.0. The van der Waals surface area contributed by atoms with Crippen LogP contribution in [-0.2, 0) is 19.1 Å². The number of likely N-dealkylation sites (tertiary alicyclic amines) is 1. The van der Waals surface area contributed by atoms with Gasteiger partial charge in [-0.15, -0.1) is 11.8 Å². The predicted molar refractivity (Wildman–Crippen MR) is 128 cm³/mol. The van der Waals surface area contributed by atoms with Crippen LogP contribution in [0.4, 0.5) is 5.69 Å². The largest absolute Gasteiger partial charge is 0.497 e. The topological polar surface area (TPSA) is 105 Å². The maximum absolute atomic E-state index is 13.8. The van der Waals surface area contributed by atoms with Gasteiger partial charge in [-0.2, -0.15) is 0 Å². The lowest BCUT2D eigenvalue weighted by atomic mass is 9.71. The van der Waals surface area contributed by atoms with Gasteiger partial charge in [-0.3, -0.25) is 14.4 Å². The summed E-state index contributed by atoms with van der Waals surface area (Å²) in [5.74, 6) is -1.59. The molecule has 4 rings (SSSR count). The number of alkyl halides is 1. The molecule has 1 aromatic carbocycles. The van der Waals surface area contributed by atoms with Gasteiger partial charge in [0.1, 0.15) is 11.8 Å². The van der Waals surface area contributed by atoms with E-state index in [1.165, 1.54) is 4.90 Å². The zero-order valence-corrected chi connectivity index (χ0v) is 21.2. The van der Waals surface area contributed by atoms with Gasteiger partial charge in [-0.25, -0.2) is 0 Å². The zero-order valence-electron chi connectivity index (χ0n) is 18.8. The molecular weight excluding hydrogens is 512 g/mol. The number of rotatable bonds is 8. The average molecular weight is 541 g/mol. The van der Waals surface area contributed by atoms with Crippen LogP contribution in [-0.4, -0.2) is 75.0 Å². The van der Waals surface area contributed by atoms with Crippen molar-refractivity contribution >= 4 is 51.2 Å². The number of nitrogens with zero attached hydrogens (tertiary/aromatic N) is 1. The van der Waals surface area contributed by atoms with Gasteiger partial charge in [0, 0.05) is 15.8 Å². The molecule has 3 unspecified atom stereocenters. The van der Waals surface area contributed by atoms with Gasteiger partial charge in [-0.05, 0) is 44.0 Å². The van der Waals surface area contributed by atoms with Gasteiger partial charge >= 0.3 is 5.97 Å². The molecule has 3 saturated heterocycles. The molecular formula is C23H29BrN2O6S. The summed E-state index contributed by atoms with van der Waals surface area (Å²) in [6, 6.07) is 5.65. The van der Waals surface area contributed by atoms with Crippen LogP contribution in [0.3, 0.4) is 0 Å². The van der Waals surface area contributed by atoms with Crippen molar-refractivity contribution in [3.63, 3.8) is 0 Å². The number of benzene rings is 1.